The van der Waals surface area contributed by atoms with Crippen molar-refractivity contribution in [2.45, 2.75) is 160 Å². The Morgan fingerprint density at radius 2 is 1.03 bits per heavy atom. The van der Waals surface area contributed by atoms with E-state index in [4.69, 9.17) is 4.42 Å². The number of nitrogens with one attached hydrogen (secondary N) is 8. The number of fused-ring (bicyclic) bond motifs is 1. The molecule has 0 spiro atoms. The van der Waals surface area contributed by atoms with Gasteiger partial charge in [0.25, 0.3) is 0 Å². The lowest BCUT2D eigenvalue weighted by Gasteiger charge is -2.36. The number of aryl methyl sites for hydroxylation is 2. The van der Waals surface area contributed by atoms with Gasteiger partial charge in [0.2, 0.25) is 23.8 Å². The number of oxazole rings is 1. The third-order valence-electron chi connectivity index (χ3n) is 19.5. The summed E-state index contributed by atoms with van der Waals surface area (Å²) in [4.78, 5) is 40.5. The summed E-state index contributed by atoms with van der Waals surface area (Å²) in [6.45, 7) is 12.6. The van der Waals surface area contributed by atoms with Gasteiger partial charge < -0.3 is 51.5 Å². The number of hydrogen-bond donors (Lipinski definition) is 8. The zero-order valence-corrected chi connectivity index (χ0v) is 62.6. The second kappa shape index (κ2) is 32.8. The van der Waals surface area contributed by atoms with E-state index in [1.54, 1.807) is 51.2 Å². The predicted molar refractivity (Wildman–Crippen MR) is 393 cm³/mol. The molecule has 586 valence electrons. The number of hydrogen-bond acceptors (Lipinski definition) is 26. The Labute approximate surface area is 636 Å². The van der Waals surface area contributed by atoms with Crippen molar-refractivity contribution in [3.05, 3.63) is 161 Å². The Morgan fingerprint density at radius 3 is 1.56 bits per heavy atom. The Morgan fingerprint density at radius 1 is 0.514 bits per heavy atom. The van der Waals surface area contributed by atoms with Gasteiger partial charge in [-0.1, -0.05) is 5.21 Å². The number of alkyl halides is 9. The van der Waals surface area contributed by atoms with E-state index in [1.165, 1.54) is 13.4 Å². The molecule has 111 heavy (non-hydrogen) atoms. The van der Waals surface area contributed by atoms with Crippen LogP contribution >= 0.6 is 15.9 Å². The molecule has 0 saturated heterocycles. The van der Waals surface area contributed by atoms with Crippen molar-refractivity contribution in [3.63, 3.8) is 0 Å². The van der Waals surface area contributed by atoms with Crippen LogP contribution in [0, 0.1) is 27.7 Å². The Balaban J connectivity index is 0.000000130. The third-order valence-corrected chi connectivity index (χ3v) is 20.1. The molecule has 8 N–H and O–H groups in total. The number of halogens is 10. The predicted octanol–water partition coefficient (Wildman–Crippen LogP) is 14.3. The summed E-state index contributed by atoms with van der Waals surface area (Å²) in [5.74, 6) is 1.05. The van der Waals surface area contributed by atoms with Crippen LogP contribution in [0.2, 0.25) is 0 Å². The van der Waals surface area contributed by atoms with Crippen molar-refractivity contribution in [1.82, 2.24) is 118 Å². The fraction of sp³-hybridized carbons (Fsp3) is 0.426. The highest BCUT2D eigenvalue weighted by molar-refractivity contribution is 9.10. The van der Waals surface area contributed by atoms with Crippen molar-refractivity contribution >= 4 is 85.7 Å². The molecule has 3 saturated carbocycles. The molecule has 13 heterocycles. The summed E-state index contributed by atoms with van der Waals surface area (Å²) in [5.41, 5.74) is 5.68. The molecule has 0 amide bonds. The zero-order chi connectivity index (χ0) is 78.5. The van der Waals surface area contributed by atoms with Crippen molar-refractivity contribution in [2.24, 2.45) is 0 Å². The molecule has 0 aromatic carbocycles. The van der Waals surface area contributed by atoms with Crippen LogP contribution in [0.5, 0.6) is 0 Å². The third kappa shape index (κ3) is 17.4. The fourth-order valence-corrected chi connectivity index (χ4v) is 13.9. The van der Waals surface area contributed by atoms with E-state index in [9.17, 15) is 39.5 Å². The second-order valence-corrected chi connectivity index (χ2v) is 27.4. The summed E-state index contributed by atoms with van der Waals surface area (Å²) in [5, 5.41) is 53.2. The van der Waals surface area contributed by atoms with Crippen LogP contribution in [0.1, 0.15) is 158 Å². The minimum Gasteiger partial charge on any atom is -0.451 e. The van der Waals surface area contributed by atoms with E-state index in [-0.39, 0.29) is 59.5 Å². The first-order valence-corrected chi connectivity index (χ1v) is 36.2. The monoisotopic (exact) mass is 1610 g/mol. The molecule has 12 aromatic heterocycles. The molecule has 1 aliphatic heterocycles. The standard InChI is InChI=1S/C18H20F3N7O.C17H20F3N9.C17H19F3N8.C16H19BrN8/c1-3-22-16-13(18(19,20)21)6-23-17(26-16)25-14-7-28(27-10(14)2)12-4-11(5-12)15-8-29-9-24-15;1-10-14(25-16-22-8-13(17(18,19)20)15(21-2)26-16)9-24-29(10)12-4-3-11(7-12)28-6-5-23-27-28;1-3-22-15-11(17(18,19)20)6-23-16(26-15)25-12-7-24-28(10(12)2)13-4-5-27-9-21-8-14(13)27;1-10-14(22-16-19-8-13(17)15(18-2)23-16)9-21-25(10)12-6-11(7-12)24-5-3-4-20-24/h6-9,11-12H,3-5H2,1-2H3,(H2,22,23,25,26);5-6,8-9,11-12H,3-4,7H2,1-2H3,(H2,21,22,25,26);6-9,13H,3-5H2,1-2H3,(H2,22,23,25,26);3-5,8-9,11-12H,6-7H2,1-2H3,(H2,18,19,22,23). The SMILES string of the molecule is CCNc1nc(Nc2cn(C3CC(c4cocn4)C3)nc2C)ncc1C(F)(F)F.CCNc1nc(Nc2cnn(C3CCn4cncc43)c2C)ncc1C(F)(F)F.CNc1nc(Nc2cnn(C3CC(n4cccn4)C3)c2C)ncc1Br.CNc1nc(Nc2cnn(C3CCC(n4ccnn4)C3)c2C)ncc1C(F)(F)F. The highest BCUT2D eigenvalue weighted by Crippen LogP contribution is 2.46. The normalized spacial score (nSPS) is 18.6. The Hall–Kier alpha value is -11.8. The second-order valence-electron chi connectivity index (χ2n) is 26.5. The first kappa shape index (κ1) is 77.3. The van der Waals surface area contributed by atoms with E-state index in [0.29, 0.717) is 59.8 Å². The van der Waals surface area contributed by atoms with Gasteiger partial charge in [0, 0.05) is 89.2 Å². The number of nitrogens with zero attached hydrogens (tertiary/aromatic N) is 24. The molecule has 3 aliphatic carbocycles. The smallest absolute Gasteiger partial charge is 0.421 e. The molecular formula is C68H78BrF9N32O. The van der Waals surface area contributed by atoms with E-state index in [2.05, 4.69) is 160 Å². The number of aromatic nitrogens is 24. The van der Waals surface area contributed by atoms with Gasteiger partial charge in [-0.05, 0) is 115 Å². The van der Waals surface area contributed by atoms with Crippen LogP contribution in [0.25, 0.3) is 0 Å². The largest absolute Gasteiger partial charge is 0.451 e. The van der Waals surface area contributed by atoms with Gasteiger partial charge in [0.1, 0.15) is 46.2 Å². The molecule has 0 radical (unpaired) electrons. The fourth-order valence-electron chi connectivity index (χ4n) is 13.5. The zero-order valence-electron chi connectivity index (χ0n) is 61.1. The lowest BCUT2D eigenvalue weighted by Crippen LogP contribution is -2.30. The number of rotatable bonds is 21. The molecule has 43 heteroatoms. The summed E-state index contributed by atoms with van der Waals surface area (Å²) in [6, 6.07) is 3.63. The van der Waals surface area contributed by atoms with Crippen LogP contribution in [0.15, 0.2) is 114 Å². The molecular weight excluding hydrogens is 1530 g/mol. The van der Waals surface area contributed by atoms with Gasteiger partial charge in [0.15, 0.2) is 6.39 Å². The van der Waals surface area contributed by atoms with Gasteiger partial charge in [-0.2, -0.15) is 84.9 Å². The summed E-state index contributed by atoms with van der Waals surface area (Å²) in [6.07, 6.45) is 19.1. The molecule has 33 nitrogen and oxygen atoms in total. The molecule has 16 rings (SSSR count). The number of imidazole rings is 1. The maximum Gasteiger partial charge on any atom is 0.421 e. The van der Waals surface area contributed by atoms with Gasteiger partial charge in [-0.25, -0.2) is 34.6 Å². The average Bonchev–Trinajstić information content (AvgIpc) is 1.67. The van der Waals surface area contributed by atoms with Gasteiger partial charge in [-0.3, -0.25) is 23.4 Å². The molecule has 3 fully saturated rings. The molecule has 3 unspecified atom stereocenters. The number of anilines is 12. The summed E-state index contributed by atoms with van der Waals surface area (Å²) >= 11 is 3.41. The van der Waals surface area contributed by atoms with E-state index >= 15 is 0 Å². The summed E-state index contributed by atoms with van der Waals surface area (Å²) in [7, 11) is 3.21. The topological polar surface area (TPSA) is 363 Å². The quantitative estimate of drug-likeness (QED) is 0.0310. The first-order chi connectivity index (χ1) is 53.2. The maximum atomic E-state index is 13.1. The molecule has 4 aliphatic rings. The minimum absolute atomic E-state index is 0.0666. The van der Waals surface area contributed by atoms with Crippen molar-refractivity contribution < 1.29 is 43.9 Å². The highest BCUT2D eigenvalue weighted by Gasteiger charge is 2.40. The van der Waals surface area contributed by atoms with Crippen LogP contribution in [-0.4, -0.2) is 145 Å². The molecule has 0 bridgehead atoms. The summed E-state index contributed by atoms with van der Waals surface area (Å²) < 4.78 is 137. The van der Waals surface area contributed by atoms with E-state index in [1.807, 2.05) is 94.5 Å². The van der Waals surface area contributed by atoms with Crippen LogP contribution < -0.4 is 42.5 Å². The Bertz CT molecular complexity index is 5070. The molecule has 3 atom stereocenters. The van der Waals surface area contributed by atoms with E-state index < -0.39 is 35.2 Å². The van der Waals surface area contributed by atoms with Gasteiger partial charge >= 0.3 is 18.5 Å². The highest BCUT2D eigenvalue weighted by atomic mass is 79.9. The van der Waals surface area contributed by atoms with Gasteiger partial charge in [0.05, 0.1) is 135 Å². The van der Waals surface area contributed by atoms with Gasteiger partial charge in [-0.15, -0.1) is 5.10 Å². The van der Waals surface area contributed by atoms with Crippen molar-refractivity contribution in [2.75, 3.05) is 69.7 Å². The minimum atomic E-state index is -4.53. The molecule has 12 aromatic rings. The van der Waals surface area contributed by atoms with Crippen LogP contribution in [0.3, 0.4) is 0 Å². The average molecular weight is 1610 g/mol. The van der Waals surface area contributed by atoms with Crippen molar-refractivity contribution in [1.29, 1.82) is 0 Å². The first-order valence-electron chi connectivity index (χ1n) is 35.4. The Kier molecular flexibility index (Phi) is 22.8. The lowest BCUT2D eigenvalue weighted by molar-refractivity contribution is -0.138. The van der Waals surface area contributed by atoms with Crippen molar-refractivity contribution in [3.8, 4) is 0 Å². The lowest BCUT2D eigenvalue weighted by atomic mass is 9.78. The van der Waals surface area contributed by atoms with Crippen LogP contribution in [0.4, 0.5) is 109 Å². The van der Waals surface area contributed by atoms with E-state index in [0.717, 1.165) is 121 Å². The maximum absolute atomic E-state index is 13.1. The van der Waals surface area contributed by atoms with Crippen LogP contribution in [-0.2, 0) is 25.1 Å².